The standard InChI is InChI=1S/C10H19NOS/c1-8-4-11(5-9(8)12)6-10(7-13)2-3-10/h8-9,12-13H,2-7H2,1H3. The van der Waals surface area contributed by atoms with Crippen LogP contribution in [-0.4, -0.2) is 41.5 Å². The van der Waals surface area contributed by atoms with Gasteiger partial charge < -0.3 is 5.11 Å². The highest BCUT2D eigenvalue weighted by Crippen LogP contribution is 2.47. The quantitative estimate of drug-likeness (QED) is 0.666. The Morgan fingerprint density at radius 1 is 1.46 bits per heavy atom. The Hall–Kier alpha value is 0.270. The van der Waals surface area contributed by atoms with Gasteiger partial charge in [-0.05, 0) is 29.9 Å². The van der Waals surface area contributed by atoms with E-state index >= 15 is 0 Å². The van der Waals surface area contributed by atoms with E-state index in [9.17, 15) is 5.11 Å². The molecular weight excluding hydrogens is 182 g/mol. The molecule has 76 valence electrons. The third kappa shape index (κ3) is 2.03. The minimum atomic E-state index is -0.101. The van der Waals surface area contributed by atoms with E-state index in [1.165, 1.54) is 12.8 Å². The van der Waals surface area contributed by atoms with Crippen molar-refractivity contribution >= 4 is 12.6 Å². The molecule has 1 aliphatic heterocycles. The number of aliphatic hydroxyl groups excluding tert-OH is 1. The van der Waals surface area contributed by atoms with Gasteiger partial charge in [0.05, 0.1) is 6.10 Å². The topological polar surface area (TPSA) is 23.5 Å². The number of likely N-dealkylation sites (tertiary alicyclic amines) is 1. The van der Waals surface area contributed by atoms with Crippen LogP contribution in [0.4, 0.5) is 0 Å². The Balaban J connectivity index is 1.83. The van der Waals surface area contributed by atoms with Crippen LogP contribution in [0.25, 0.3) is 0 Å². The van der Waals surface area contributed by atoms with Crippen molar-refractivity contribution < 1.29 is 5.11 Å². The number of β-amino-alcohol motifs (C(OH)–C–C–N with tert-alkyl or cyclic N) is 1. The molecule has 0 amide bonds. The first kappa shape index (κ1) is 9.81. The van der Waals surface area contributed by atoms with Gasteiger partial charge in [0, 0.05) is 19.6 Å². The number of thiol groups is 1. The molecule has 0 radical (unpaired) electrons. The molecule has 1 heterocycles. The fraction of sp³-hybridized carbons (Fsp3) is 1.00. The smallest absolute Gasteiger partial charge is 0.0704 e. The van der Waals surface area contributed by atoms with Gasteiger partial charge >= 0.3 is 0 Å². The molecule has 1 aliphatic carbocycles. The molecule has 13 heavy (non-hydrogen) atoms. The van der Waals surface area contributed by atoms with Gasteiger partial charge in [-0.25, -0.2) is 0 Å². The zero-order valence-electron chi connectivity index (χ0n) is 8.24. The lowest BCUT2D eigenvalue weighted by atomic mass is 10.1. The molecule has 0 spiro atoms. The van der Waals surface area contributed by atoms with Crippen LogP contribution in [-0.2, 0) is 0 Å². The molecule has 2 aliphatic rings. The molecule has 3 heteroatoms. The molecular formula is C10H19NOS. The lowest BCUT2D eigenvalue weighted by Gasteiger charge is -2.21. The number of hydrogen-bond donors (Lipinski definition) is 2. The van der Waals surface area contributed by atoms with Crippen molar-refractivity contribution in [2.75, 3.05) is 25.4 Å². The van der Waals surface area contributed by atoms with E-state index in [0.29, 0.717) is 11.3 Å². The lowest BCUT2D eigenvalue weighted by Crippen LogP contribution is -2.30. The number of rotatable bonds is 3. The fourth-order valence-corrected chi connectivity index (χ4v) is 2.61. The highest BCUT2D eigenvalue weighted by atomic mass is 32.1. The summed E-state index contributed by atoms with van der Waals surface area (Å²) in [6.07, 6.45) is 2.56. The monoisotopic (exact) mass is 201 g/mol. The van der Waals surface area contributed by atoms with E-state index in [4.69, 9.17) is 0 Å². The van der Waals surface area contributed by atoms with Crippen LogP contribution < -0.4 is 0 Å². The van der Waals surface area contributed by atoms with Crippen LogP contribution in [0.3, 0.4) is 0 Å². The minimum absolute atomic E-state index is 0.101. The van der Waals surface area contributed by atoms with Gasteiger partial charge in [0.25, 0.3) is 0 Å². The summed E-state index contributed by atoms with van der Waals surface area (Å²) in [6, 6.07) is 0. The van der Waals surface area contributed by atoms with E-state index < -0.39 is 0 Å². The summed E-state index contributed by atoms with van der Waals surface area (Å²) in [4.78, 5) is 2.40. The maximum atomic E-state index is 9.60. The molecule has 1 saturated heterocycles. The second-order valence-corrected chi connectivity index (χ2v) is 5.21. The summed E-state index contributed by atoms with van der Waals surface area (Å²) in [5.41, 5.74) is 0.507. The van der Waals surface area contributed by atoms with Gasteiger partial charge in [-0.3, -0.25) is 4.90 Å². The van der Waals surface area contributed by atoms with Crippen LogP contribution >= 0.6 is 12.6 Å². The van der Waals surface area contributed by atoms with Gasteiger partial charge in [-0.15, -0.1) is 0 Å². The summed E-state index contributed by atoms with van der Waals surface area (Å²) in [5.74, 6) is 1.46. The molecule has 1 saturated carbocycles. The second kappa shape index (κ2) is 3.44. The SMILES string of the molecule is CC1CN(CC2(CS)CC2)CC1O. The highest BCUT2D eigenvalue weighted by Gasteiger charge is 2.44. The van der Waals surface area contributed by atoms with Crippen LogP contribution in [0.1, 0.15) is 19.8 Å². The molecule has 2 fully saturated rings. The molecule has 1 N–H and O–H groups in total. The number of nitrogens with zero attached hydrogens (tertiary/aromatic N) is 1. The Labute approximate surface area is 85.7 Å². The predicted octanol–water partition coefficient (Wildman–Crippen LogP) is 1.01. The third-order valence-electron chi connectivity index (χ3n) is 3.50. The number of aliphatic hydroxyl groups is 1. The van der Waals surface area contributed by atoms with Crippen molar-refractivity contribution in [3.8, 4) is 0 Å². The summed E-state index contributed by atoms with van der Waals surface area (Å²) < 4.78 is 0. The molecule has 0 aromatic heterocycles. The minimum Gasteiger partial charge on any atom is -0.391 e. The molecule has 2 unspecified atom stereocenters. The van der Waals surface area contributed by atoms with Crippen LogP contribution in [0.15, 0.2) is 0 Å². The van der Waals surface area contributed by atoms with E-state index in [0.717, 1.165) is 25.4 Å². The first-order valence-electron chi connectivity index (χ1n) is 5.16. The van der Waals surface area contributed by atoms with E-state index in [1.807, 2.05) is 0 Å². The van der Waals surface area contributed by atoms with Crippen LogP contribution in [0, 0.1) is 11.3 Å². The van der Waals surface area contributed by atoms with E-state index in [2.05, 4.69) is 24.5 Å². The predicted molar refractivity (Wildman–Crippen MR) is 57.1 cm³/mol. The Kier molecular flexibility index (Phi) is 2.60. The molecule has 2 rings (SSSR count). The lowest BCUT2D eigenvalue weighted by molar-refractivity contribution is 0.146. The van der Waals surface area contributed by atoms with E-state index in [-0.39, 0.29) is 6.10 Å². The summed E-state index contributed by atoms with van der Waals surface area (Å²) in [5, 5.41) is 9.60. The summed E-state index contributed by atoms with van der Waals surface area (Å²) in [6.45, 7) is 5.22. The molecule has 2 atom stereocenters. The van der Waals surface area contributed by atoms with Crippen molar-refractivity contribution in [3.63, 3.8) is 0 Å². The van der Waals surface area contributed by atoms with Crippen molar-refractivity contribution in [3.05, 3.63) is 0 Å². The Morgan fingerprint density at radius 3 is 2.54 bits per heavy atom. The first-order chi connectivity index (χ1) is 6.15. The first-order valence-corrected chi connectivity index (χ1v) is 5.80. The third-order valence-corrected chi connectivity index (χ3v) is 4.17. The van der Waals surface area contributed by atoms with Gasteiger partial charge in [0.2, 0.25) is 0 Å². The highest BCUT2D eigenvalue weighted by molar-refractivity contribution is 7.80. The average Bonchev–Trinajstić information content (AvgIpc) is 2.78. The summed E-state index contributed by atoms with van der Waals surface area (Å²) >= 11 is 4.39. The molecule has 0 bridgehead atoms. The van der Waals surface area contributed by atoms with Crippen molar-refractivity contribution in [1.82, 2.24) is 4.90 Å². The number of hydrogen-bond acceptors (Lipinski definition) is 3. The zero-order valence-corrected chi connectivity index (χ0v) is 9.13. The van der Waals surface area contributed by atoms with Gasteiger partial charge in [0.1, 0.15) is 0 Å². The Bertz CT molecular complexity index is 183. The van der Waals surface area contributed by atoms with Gasteiger partial charge in [-0.1, -0.05) is 6.92 Å². The van der Waals surface area contributed by atoms with Gasteiger partial charge in [-0.2, -0.15) is 12.6 Å². The molecule has 2 nitrogen and oxygen atoms in total. The van der Waals surface area contributed by atoms with Crippen molar-refractivity contribution in [1.29, 1.82) is 0 Å². The summed E-state index contributed by atoms with van der Waals surface area (Å²) in [7, 11) is 0. The van der Waals surface area contributed by atoms with Crippen LogP contribution in [0.2, 0.25) is 0 Å². The Morgan fingerprint density at radius 2 is 2.15 bits per heavy atom. The average molecular weight is 201 g/mol. The molecule has 0 aromatic rings. The van der Waals surface area contributed by atoms with Crippen molar-refractivity contribution in [2.24, 2.45) is 11.3 Å². The van der Waals surface area contributed by atoms with Crippen molar-refractivity contribution in [2.45, 2.75) is 25.9 Å². The largest absolute Gasteiger partial charge is 0.391 e. The zero-order chi connectivity index (χ0) is 9.47. The fourth-order valence-electron chi connectivity index (χ4n) is 2.19. The van der Waals surface area contributed by atoms with Gasteiger partial charge in [0.15, 0.2) is 0 Å². The molecule has 0 aromatic carbocycles. The van der Waals surface area contributed by atoms with Crippen LogP contribution in [0.5, 0.6) is 0 Å². The normalized spacial score (nSPS) is 38.1. The maximum Gasteiger partial charge on any atom is 0.0704 e. The van der Waals surface area contributed by atoms with E-state index in [1.54, 1.807) is 0 Å². The maximum absolute atomic E-state index is 9.60. The second-order valence-electron chi connectivity index (χ2n) is 4.90.